The van der Waals surface area contributed by atoms with E-state index >= 15 is 0 Å². The molecule has 2 aromatic heterocycles. The Balaban J connectivity index is 1.88. The topological polar surface area (TPSA) is 86.4 Å². The maximum Gasteiger partial charge on any atom is 0.298 e. The molecule has 0 aliphatic carbocycles. The SMILES string of the molecule is CCOc1ccc(-n2ccnc(NC(=O)c3ccco3)c2=O)cc1. The Bertz CT molecular complexity index is 883. The molecule has 122 valence electrons. The van der Waals surface area contributed by atoms with Crippen LogP contribution in [0.1, 0.15) is 17.5 Å². The number of nitrogens with zero attached hydrogens (tertiary/aromatic N) is 2. The van der Waals surface area contributed by atoms with Crippen LogP contribution in [0.15, 0.2) is 64.3 Å². The summed E-state index contributed by atoms with van der Waals surface area (Å²) >= 11 is 0. The van der Waals surface area contributed by atoms with Gasteiger partial charge in [0.25, 0.3) is 11.5 Å². The van der Waals surface area contributed by atoms with Crippen molar-refractivity contribution < 1.29 is 13.9 Å². The van der Waals surface area contributed by atoms with Crippen molar-refractivity contribution >= 4 is 11.7 Å². The molecule has 2 heterocycles. The first kappa shape index (κ1) is 15.5. The van der Waals surface area contributed by atoms with Gasteiger partial charge in [0.2, 0.25) is 0 Å². The van der Waals surface area contributed by atoms with Gasteiger partial charge in [-0.25, -0.2) is 4.98 Å². The second-order valence-corrected chi connectivity index (χ2v) is 4.81. The molecular weight excluding hydrogens is 310 g/mol. The Hall–Kier alpha value is -3.35. The van der Waals surface area contributed by atoms with Crippen molar-refractivity contribution in [2.24, 2.45) is 0 Å². The van der Waals surface area contributed by atoms with Gasteiger partial charge in [0.15, 0.2) is 11.6 Å². The number of furan rings is 1. The highest BCUT2D eigenvalue weighted by Gasteiger charge is 2.13. The fourth-order valence-corrected chi connectivity index (χ4v) is 2.15. The second-order valence-electron chi connectivity index (χ2n) is 4.81. The first-order valence-corrected chi connectivity index (χ1v) is 7.35. The standard InChI is InChI=1S/C17H15N3O4/c1-2-23-13-7-5-12(6-8-13)20-10-9-18-15(17(20)22)19-16(21)14-4-3-11-24-14/h3-11H,2H2,1H3,(H,18,19,21). The van der Waals surface area contributed by atoms with Crippen LogP contribution in [-0.2, 0) is 0 Å². The monoisotopic (exact) mass is 325 g/mol. The van der Waals surface area contributed by atoms with E-state index in [1.54, 1.807) is 30.3 Å². The molecule has 0 saturated carbocycles. The van der Waals surface area contributed by atoms with Crippen LogP contribution in [-0.4, -0.2) is 22.1 Å². The highest BCUT2D eigenvalue weighted by molar-refractivity contribution is 6.01. The maximum atomic E-state index is 12.5. The van der Waals surface area contributed by atoms with Crippen LogP contribution in [0.3, 0.4) is 0 Å². The van der Waals surface area contributed by atoms with Gasteiger partial charge < -0.3 is 9.15 Å². The van der Waals surface area contributed by atoms with Gasteiger partial charge in [-0.1, -0.05) is 0 Å². The van der Waals surface area contributed by atoms with Crippen LogP contribution in [0.2, 0.25) is 0 Å². The summed E-state index contributed by atoms with van der Waals surface area (Å²) in [6.45, 7) is 2.47. The second kappa shape index (κ2) is 6.82. The van der Waals surface area contributed by atoms with E-state index in [9.17, 15) is 9.59 Å². The minimum atomic E-state index is -0.533. The number of carbonyl (C=O) groups excluding carboxylic acids is 1. The maximum absolute atomic E-state index is 12.5. The number of benzene rings is 1. The molecule has 3 aromatic rings. The molecule has 3 rings (SSSR count). The number of rotatable bonds is 5. The molecule has 0 aliphatic heterocycles. The van der Waals surface area contributed by atoms with E-state index in [1.807, 2.05) is 6.92 Å². The predicted octanol–water partition coefficient (Wildman–Crippen LogP) is 2.48. The summed E-state index contributed by atoms with van der Waals surface area (Å²) in [6, 6.07) is 10.1. The lowest BCUT2D eigenvalue weighted by molar-refractivity contribution is 0.0996. The van der Waals surface area contributed by atoms with Crippen molar-refractivity contribution in [2.75, 3.05) is 11.9 Å². The van der Waals surface area contributed by atoms with Crippen molar-refractivity contribution in [1.82, 2.24) is 9.55 Å². The first-order valence-electron chi connectivity index (χ1n) is 7.35. The highest BCUT2D eigenvalue weighted by Crippen LogP contribution is 2.14. The number of aromatic nitrogens is 2. The van der Waals surface area contributed by atoms with Gasteiger partial charge in [0, 0.05) is 18.1 Å². The summed E-state index contributed by atoms with van der Waals surface area (Å²) in [5.41, 5.74) is 0.195. The zero-order valence-corrected chi connectivity index (χ0v) is 12.9. The molecule has 0 atom stereocenters. The Morgan fingerprint density at radius 2 is 2.08 bits per heavy atom. The van der Waals surface area contributed by atoms with Crippen LogP contribution in [0.25, 0.3) is 5.69 Å². The van der Waals surface area contributed by atoms with Gasteiger partial charge >= 0.3 is 0 Å². The van der Waals surface area contributed by atoms with E-state index in [0.717, 1.165) is 5.75 Å². The van der Waals surface area contributed by atoms with E-state index in [-0.39, 0.29) is 11.6 Å². The van der Waals surface area contributed by atoms with Gasteiger partial charge in [0.05, 0.1) is 12.9 Å². The van der Waals surface area contributed by atoms with Crippen LogP contribution >= 0.6 is 0 Å². The van der Waals surface area contributed by atoms with Crippen molar-refractivity contribution in [3.8, 4) is 11.4 Å². The van der Waals surface area contributed by atoms with Gasteiger partial charge in [-0.3, -0.25) is 19.5 Å². The van der Waals surface area contributed by atoms with Gasteiger partial charge in [-0.15, -0.1) is 0 Å². The number of hydrogen-bond acceptors (Lipinski definition) is 5. The molecule has 24 heavy (non-hydrogen) atoms. The zero-order chi connectivity index (χ0) is 16.9. The van der Waals surface area contributed by atoms with Gasteiger partial charge in [-0.05, 0) is 43.3 Å². The third kappa shape index (κ3) is 3.19. The molecule has 1 amide bonds. The summed E-state index contributed by atoms with van der Waals surface area (Å²) in [5.74, 6) is 0.212. The molecule has 0 spiro atoms. The van der Waals surface area contributed by atoms with Crippen LogP contribution in [0, 0.1) is 0 Å². The molecule has 1 aromatic carbocycles. The Kier molecular flexibility index (Phi) is 4.42. The molecule has 0 bridgehead atoms. The number of ether oxygens (including phenoxy) is 1. The highest BCUT2D eigenvalue weighted by atomic mass is 16.5. The van der Waals surface area contributed by atoms with Crippen LogP contribution in [0.5, 0.6) is 5.75 Å². The summed E-state index contributed by atoms with van der Waals surface area (Å²) < 4.78 is 11.8. The molecular formula is C17H15N3O4. The van der Waals surface area contributed by atoms with Crippen molar-refractivity contribution in [2.45, 2.75) is 6.92 Å². The molecule has 1 N–H and O–H groups in total. The third-order valence-corrected chi connectivity index (χ3v) is 3.24. The van der Waals surface area contributed by atoms with Crippen molar-refractivity contribution in [1.29, 1.82) is 0 Å². The molecule has 7 heteroatoms. The number of anilines is 1. The molecule has 0 aliphatic rings. The Labute approximate surface area is 137 Å². The molecule has 0 radical (unpaired) electrons. The number of hydrogen-bond donors (Lipinski definition) is 1. The van der Waals surface area contributed by atoms with E-state index in [0.29, 0.717) is 12.3 Å². The zero-order valence-electron chi connectivity index (χ0n) is 12.9. The lowest BCUT2D eigenvalue weighted by Gasteiger charge is -2.09. The number of nitrogens with one attached hydrogen (secondary N) is 1. The predicted molar refractivity (Wildman–Crippen MR) is 87.7 cm³/mol. The van der Waals surface area contributed by atoms with Crippen LogP contribution < -0.4 is 15.6 Å². The third-order valence-electron chi connectivity index (χ3n) is 3.24. The van der Waals surface area contributed by atoms with E-state index in [4.69, 9.17) is 9.15 Å². The smallest absolute Gasteiger partial charge is 0.298 e. The Morgan fingerprint density at radius 3 is 2.75 bits per heavy atom. The fraction of sp³-hybridized carbons (Fsp3) is 0.118. The minimum absolute atomic E-state index is 0.0761. The minimum Gasteiger partial charge on any atom is -0.494 e. The van der Waals surface area contributed by atoms with Crippen molar-refractivity contribution in [3.63, 3.8) is 0 Å². The van der Waals surface area contributed by atoms with Gasteiger partial charge in [0.1, 0.15) is 5.75 Å². The molecule has 0 saturated heterocycles. The molecule has 0 fully saturated rings. The fourth-order valence-electron chi connectivity index (χ4n) is 2.15. The summed E-state index contributed by atoms with van der Waals surface area (Å²) in [4.78, 5) is 28.4. The molecule has 0 unspecified atom stereocenters. The summed E-state index contributed by atoms with van der Waals surface area (Å²) in [7, 11) is 0. The van der Waals surface area contributed by atoms with Crippen LogP contribution in [0.4, 0.5) is 5.82 Å². The van der Waals surface area contributed by atoms with E-state index in [2.05, 4.69) is 10.3 Å². The van der Waals surface area contributed by atoms with Crippen molar-refractivity contribution in [3.05, 3.63) is 71.2 Å². The normalized spacial score (nSPS) is 10.4. The lowest BCUT2D eigenvalue weighted by Crippen LogP contribution is -2.25. The first-order chi connectivity index (χ1) is 11.7. The summed E-state index contributed by atoms with van der Waals surface area (Å²) in [6.07, 6.45) is 4.35. The average molecular weight is 325 g/mol. The largest absolute Gasteiger partial charge is 0.494 e. The lowest BCUT2D eigenvalue weighted by atomic mass is 10.3. The van der Waals surface area contributed by atoms with Gasteiger partial charge in [-0.2, -0.15) is 0 Å². The van der Waals surface area contributed by atoms with E-state index in [1.165, 1.54) is 29.3 Å². The number of amides is 1. The molecule has 7 nitrogen and oxygen atoms in total. The Morgan fingerprint density at radius 1 is 1.29 bits per heavy atom. The number of carbonyl (C=O) groups is 1. The quantitative estimate of drug-likeness (QED) is 0.779. The summed E-state index contributed by atoms with van der Waals surface area (Å²) in [5, 5.41) is 2.45. The average Bonchev–Trinajstić information content (AvgIpc) is 3.13. The van der Waals surface area contributed by atoms with E-state index < -0.39 is 11.5 Å².